The highest BCUT2D eigenvalue weighted by atomic mass is 16.5. The lowest BCUT2D eigenvalue weighted by molar-refractivity contribution is 0.0487. The van der Waals surface area contributed by atoms with Gasteiger partial charge in [-0.2, -0.15) is 0 Å². The standard InChI is InChI=1S/C12H23N3O2/c1-12(16,10-13-7-9-17-3)5-4-11-14-6-8-15(11)2/h6,8,13,16H,4-5,7,9-10H2,1-3H3. The van der Waals surface area contributed by atoms with Crippen molar-refractivity contribution < 1.29 is 9.84 Å². The predicted molar refractivity (Wildman–Crippen MR) is 66.9 cm³/mol. The molecule has 0 spiro atoms. The summed E-state index contributed by atoms with van der Waals surface area (Å²) in [5.74, 6) is 1.00. The molecule has 1 atom stereocenters. The van der Waals surface area contributed by atoms with Gasteiger partial charge in [-0.15, -0.1) is 0 Å². The Labute approximate surface area is 103 Å². The second-order valence-corrected chi connectivity index (χ2v) is 4.62. The summed E-state index contributed by atoms with van der Waals surface area (Å²) in [6, 6.07) is 0. The fourth-order valence-electron chi connectivity index (χ4n) is 1.64. The Bertz CT molecular complexity index is 323. The molecule has 1 unspecified atom stereocenters. The van der Waals surface area contributed by atoms with Crippen LogP contribution in [0, 0.1) is 0 Å². The molecule has 0 saturated carbocycles. The van der Waals surface area contributed by atoms with E-state index in [1.807, 2.05) is 24.7 Å². The Morgan fingerprint density at radius 1 is 1.59 bits per heavy atom. The smallest absolute Gasteiger partial charge is 0.108 e. The van der Waals surface area contributed by atoms with E-state index >= 15 is 0 Å². The Morgan fingerprint density at radius 2 is 2.35 bits per heavy atom. The van der Waals surface area contributed by atoms with E-state index in [4.69, 9.17) is 4.74 Å². The van der Waals surface area contributed by atoms with Gasteiger partial charge in [0.25, 0.3) is 0 Å². The van der Waals surface area contributed by atoms with E-state index in [1.165, 1.54) is 0 Å². The molecular formula is C12H23N3O2. The molecule has 1 heterocycles. The zero-order chi connectivity index (χ0) is 12.7. The second-order valence-electron chi connectivity index (χ2n) is 4.62. The monoisotopic (exact) mass is 241 g/mol. The van der Waals surface area contributed by atoms with Crippen molar-refractivity contribution in [1.82, 2.24) is 14.9 Å². The summed E-state index contributed by atoms with van der Waals surface area (Å²) in [5, 5.41) is 13.3. The zero-order valence-electron chi connectivity index (χ0n) is 10.9. The van der Waals surface area contributed by atoms with Crippen LogP contribution in [0.15, 0.2) is 12.4 Å². The third-order valence-corrected chi connectivity index (χ3v) is 2.80. The fourth-order valence-corrected chi connectivity index (χ4v) is 1.64. The van der Waals surface area contributed by atoms with Crippen molar-refractivity contribution in [2.75, 3.05) is 26.8 Å². The van der Waals surface area contributed by atoms with Crippen LogP contribution in [0.3, 0.4) is 0 Å². The van der Waals surface area contributed by atoms with E-state index in [9.17, 15) is 5.11 Å². The first-order valence-electron chi connectivity index (χ1n) is 5.93. The normalized spacial score (nSPS) is 14.8. The van der Waals surface area contributed by atoms with Crippen LogP contribution >= 0.6 is 0 Å². The minimum Gasteiger partial charge on any atom is -0.389 e. The molecular weight excluding hydrogens is 218 g/mol. The van der Waals surface area contributed by atoms with E-state index in [2.05, 4.69) is 10.3 Å². The number of imidazole rings is 1. The van der Waals surface area contributed by atoms with Gasteiger partial charge in [0, 0.05) is 46.1 Å². The molecule has 0 aromatic carbocycles. The van der Waals surface area contributed by atoms with E-state index in [0.29, 0.717) is 19.6 Å². The van der Waals surface area contributed by atoms with Crippen molar-refractivity contribution in [3.8, 4) is 0 Å². The van der Waals surface area contributed by atoms with E-state index in [1.54, 1.807) is 13.3 Å². The van der Waals surface area contributed by atoms with E-state index in [0.717, 1.165) is 18.8 Å². The second kappa shape index (κ2) is 6.74. The molecule has 1 aromatic rings. The Hall–Kier alpha value is -0.910. The minimum atomic E-state index is -0.709. The van der Waals surface area contributed by atoms with Gasteiger partial charge in [0.2, 0.25) is 0 Å². The molecule has 1 aromatic heterocycles. The third kappa shape index (κ3) is 5.30. The Morgan fingerprint density at radius 3 is 2.94 bits per heavy atom. The molecule has 0 bridgehead atoms. The van der Waals surface area contributed by atoms with Gasteiger partial charge >= 0.3 is 0 Å². The molecule has 1 rings (SSSR count). The molecule has 0 amide bonds. The summed E-state index contributed by atoms with van der Waals surface area (Å²) >= 11 is 0. The van der Waals surface area contributed by atoms with Crippen molar-refractivity contribution in [3.63, 3.8) is 0 Å². The Balaban J connectivity index is 2.26. The lowest BCUT2D eigenvalue weighted by Crippen LogP contribution is -2.39. The lowest BCUT2D eigenvalue weighted by Gasteiger charge is -2.23. The molecule has 0 aliphatic heterocycles. The van der Waals surface area contributed by atoms with E-state index < -0.39 is 5.60 Å². The summed E-state index contributed by atoms with van der Waals surface area (Å²) in [6.45, 7) is 3.83. The third-order valence-electron chi connectivity index (χ3n) is 2.80. The number of hydrogen-bond donors (Lipinski definition) is 2. The number of nitrogens with zero attached hydrogens (tertiary/aromatic N) is 2. The van der Waals surface area contributed by atoms with Gasteiger partial charge in [-0.1, -0.05) is 0 Å². The number of aromatic nitrogens is 2. The van der Waals surface area contributed by atoms with Crippen molar-refractivity contribution in [2.45, 2.75) is 25.4 Å². The van der Waals surface area contributed by atoms with Gasteiger partial charge in [0.15, 0.2) is 0 Å². The molecule has 0 radical (unpaired) electrons. The maximum Gasteiger partial charge on any atom is 0.108 e. The van der Waals surface area contributed by atoms with Crippen LogP contribution in [0.4, 0.5) is 0 Å². The van der Waals surface area contributed by atoms with Crippen LogP contribution < -0.4 is 5.32 Å². The number of aryl methyl sites for hydroxylation is 2. The lowest BCUT2D eigenvalue weighted by atomic mass is 10.00. The van der Waals surface area contributed by atoms with Gasteiger partial charge in [0.1, 0.15) is 5.82 Å². The molecule has 5 nitrogen and oxygen atoms in total. The van der Waals surface area contributed by atoms with Crippen LogP contribution in [0.1, 0.15) is 19.2 Å². The summed E-state index contributed by atoms with van der Waals surface area (Å²) in [4.78, 5) is 4.24. The summed E-state index contributed by atoms with van der Waals surface area (Å²) in [5.41, 5.74) is -0.709. The van der Waals surface area contributed by atoms with Crippen molar-refractivity contribution in [3.05, 3.63) is 18.2 Å². The molecule has 0 aliphatic rings. The topological polar surface area (TPSA) is 59.3 Å². The van der Waals surface area contributed by atoms with Gasteiger partial charge in [-0.3, -0.25) is 0 Å². The quantitative estimate of drug-likeness (QED) is 0.644. The van der Waals surface area contributed by atoms with Crippen molar-refractivity contribution in [2.24, 2.45) is 7.05 Å². The van der Waals surface area contributed by atoms with Crippen LogP contribution in [-0.2, 0) is 18.2 Å². The highest BCUT2D eigenvalue weighted by Crippen LogP contribution is 2.11. The summed E-state index contributed by atoms with van der Waals surface area (Å²) < 4.78 is 6.91. The van der Waals surface area contributed by atoms with Gasteiger partial charge in [-0.05, 0) is 13.3 Å². The minimum absolute atomic E-state index is 0.570. The summed E-state index contributed by atoms with van der Waals surface area (Å²) in [6.07, 6.45) is 5.17. The first kappa shape index (κ1) is 14.2. The molecule has 2 N–H and O–H groups in total. The van der Waals surface area contributed by atoms with Crippen molar-refractivity contribution in [1.29, 1.82) is 0 Å². The van der Waals surface area contributed by atoms with E-state index in [-0.39, 0.29) is 0 Å². The fraction of sp³-hybridized carbons (Fsp3) is 0.750. The largest absolute Gasteiger partial charge is 0.389 e. The van der Waals surface area contributed by atoms with Gasteiger partial charge in [0.05, 0.1) is 12.2 Å². The predicted octanol–water partition coefficient (Wildman–Crippen LogP) is 0.340. The van der Waals surface area contributed by atoms with Crippen LogP contribution in [-0.4, -0.2) is 47.1 Å². The molecule has 5 heteroatoms. The van der Waals surface area contributed by atoms with Crippen LogP contribution in [0.2, 0.25) is 0 Å². The number of hydrogen-bond acceptors (Lipinski definition) is 4. The zero-order valence-corrected chi connectivity index (χ0v) is 10.9. The average Bonchev–Trinajstić information content (AvgIpc) is 2.68. The maximum atomic E-state index is 10.2. The molecule has 98 valence electrons. The number of rotatable bonds is 8. The molecule has 0 saturated heterocycles. The molecule has 0 aliphatic carbocycles. The van der Waals surface area contributed by atoms with Gasteiger partial charge in [-0.25, -0.2) is 4.98 Å². The summed E-state index contributed by atoms with van der Waals surface area (Å²) in [7, 11) is 3.63. The van der Waals surface area contributed by atoms with Crippen LogP contribution in [0.25, 0.3) is 0 Å². The van der Waals surface area contributed by atoms with Crippen LogP contribution in [0.5, 0.6) is 0 Å². The SMILES string of the molecule is COCCNCC(C)(O)CCc1nccn1C. The number of nitrogens with one attached hydrogen (secondary N) is 1. The van der Waals surface area contributed by atoms with Gasteiger partial charge < -0.3 is 19.7 Å². The molecule has 17 heavy (non-hydrogen) atoms. The number of ether oxygens (including phenoxy) is 1. The molecule has 0 fully saturated rings. The Kier molecular flexibility index (Phi) is 5.61. The number of methoxy groups -OCH3 is 1. The highest BCUT2D eigenvalue weighted by molar-refractivity contribution is 4.93. The highest BCUT2D eigenvalue weighted by Gasteiger charge is 2.20. The maximum absolute atomic E-state index is 10.2. The van der Waals surface area contributed by atoms with Crippen molar-refractivity contribution >= 4 is 0 Å². The first-order chi connectivity index (χ1) is 8.05. The first-order valence-corrected chi connectivity index (χ1v) is 5.93. The number of aliphatic hydroxyl groups is 1. The average molecular weight is 241 g/mol.